The minimum Gasteiger partial charge on any atom is -0.352 e. The highest BCUT2D eigenvalue weighted by molar-refractivity contribution is 7.98. The van der Waals surface area contributed by atoms with Crippen molar-refractivity contribution in [3.63, 3.8) is 0 Å². The first-order chi connectivity index (χ1) is 22.6. The molecule has 1 N–H and O–H groups in total. The molecule has 1 aliphatic carbocycles. The van der Waals surface area contributed by atoms with E-state index in [9.17, 15) is 22.4 Å². The molecule has 1 fully saturated rings. The summed E-state index contributed by atoms with van der Waals surface area (Å²) >= 11 is 1.50. The molecule has 0 saturated heterocycles. The topological polar surface area (TPSA) is 86.8 Å². The van der Waals surface area contributed by atoms with Gasteiger partial charge in [-0.2, -0.15) is 0 Å². The van der Waals surface area contributed by atoms with Gasteiger partial charge in [0.15, 0.2) is 0 Å². The van der Waals surface area contributed by atoms with Crippen molar-refractivity contribution in [1.82, 2.24) is 10.2 Å². The number of aryl methyl sites for hydroxylation is 1. The molecule has 5 rings (SSSR count). The monoisotopic (exact) mass is 673 g/mol. The second kappa shape index (κ2) is 15.6. The van der Waals surface area contributed by atoms with Crippen LogP contribution in [-0.4, -0.2) is 50.0 Å². The van der Waals surface area contributed by atoms with E-state index in [4.69, 9.17) is 0 Å². The molecule has 4 aromatic carbocycles. The summed E-state index contributed by atoms with van der Waals surface area (Å²) in [5.74, 6) is -1.27. The average Bonchev–Trinajstić information content (AvgIpc) is 3.60. The molecule has 0 heterocycles. The van der Waals surface area contributed by atoms with Crippen molar-refractivity contribution in [3.05, 3.63) is 126 Å². The van der Waals surface area contributed by atoms with Crippen LogP contribution in [0.5, 0.6) is 0 Å². The molecule has 0 bridgehead atoms. The van der Waals surface area contributed by atoms with Gasteiger partial charge in [-0.05, 0) is 85.7 Å². The Labute approximate surface area is 281 Å². The van der Waals surface area contributed by atoms with E-state index in [1.54, 1.807) is 48.5 Å². The molecule has 7 nitrogen and oxygen atoms in total. The Bertz CT molecular complexity index is 1740. The fourth-order valence-corrected chi connectivity index (χ4v) is 7.65. The van der Waals surface area contributed by atoms with Crippen molar-refractivity contribution >= 4 is 39.3 Å². The minimum absolute atomic E-state index is 0.0113. The minimum atomic E-state index is -4.20. The molecule has 0 aliphatic heterocycles. The number of carbonyl (C=O) groups is 2. The third-order valence-corrected chi connectivity index (χ3v) is 11.0. The van der Waals surface area contributed by atoms with Gasteiger partial charge in [0.1, 0.15) is 18.4 Å². The number of thioether (sulfide) groups is 1. The van der Waals surface area contributed by atoms with Gasteiger partial charge < -0.3 is 10.2 Å². The Hall–Kier alpha value is -4.15. The summed E-state index contributed by atoms with van der Waals surface area (Å²) < 4.78 is 43.4. The third kappa shape index (κ3) is 8.81. The standard InChI is InChI=1S/C37H40FN3O4S2/c1-27-12-18-32(19-13-27)41(47(44,45)34-22-20-33(46-2)21-23-34)26-36(42)40(25-29-14-16-30(38)17-15-29)35(24-28-8-4-3-5-9-28)37(43)39-31-10-6-7-11-31/h3-5,8-9,12-23,31,35H,6-7,10-11,24-26H2,1-2H3,(H,39,43)/t35-/m0/s1. The largest absolute Gasteiger partial charge is 0.352 e. The molecule has 47 heavy (non-hydrogen) atoms. The Balaban J connectivity index is 1.55. The number of nitrogens with zero attached hydrogens (tertiary/aromatic N) is 2. The molecule has 1 aliphatic rings. The number of hydrogen-bond acceptors (Lipinski definition) is 5. The van der Waals surface area contributed by atoms with E-state index in [0.717, 1.165) is 46.0 Å². The lowest BCUT2D eigenvalue weighted by molar-refractivity contribution is -0.140. The van der Waals surface area contributed by atoms with E-state index in [-0.39, 0.29) is 29.8 Å². The molecular formula is C37H40FN3O4S2. The summed E-state index contributed by atoms with van der Waals surface area (Å²) in [6, 6.07) is 27.8. The Kier molecular flexibility index (Phi) is 11.4. The Morgan fingerprint density at radius 3 is 2.13 bits per heavy atom. The van der Waals surface area contributed by atoms with Crippen LogP contribution in [-0.2, 0) is 32.6 Å². The molecule has 246 valence electrons. The summed E-state index contributed by atoms with van der Waals surface area (Å²) in [6.07, 6.45) is 5.90. The maximum atomic E-state index is 14.6. The van der Waals surface area contributed by atoms with Gasteiger partial charge in [0.05, 0.1) is 10.6 Å². The van der Waals surface area contributed by atoms with Crippen molar-refractivity contribution in [2.45, 2.75) is 67.4 Å². The van der Waals surface area contributed by atoms with Gasteiger partial charge in [-0.25, -0.2) is 12.8 Å². The van der Waals surface area contributed by atoms with Gasteiger partial charge in [0, 0.05) is 23.9 Å². The highest BCUT2D eigenvalue weighted by atomic mass is 32.2. The van der Waals surface area contributed by atoms with Gasteiger partial charge in [0.2, 0.25) is 11.8 Å². The average molecular weight is 674 g/mol. The second-order valence-corrected chi connectivity index (χ2v) is 14.6. The lowest BCUT2D eigenvalue weighted by Crippen LogP contribution is -2.54. The lowest BCUT2D eigenvalue weighted by Gasteiger charge is -2.34. The first-order valence-corrected chi connectivity index (χ1v) is 18.4. The number of nitrogens with one attached hydrogen (secondary N) is 1. The molecule has 2 amide bonds. The zero-order valence-corrected chi connectivity index (χ0v) is 28.3. The van der Waals surface area contributed by atoms with E-state index in [0.29, 0.717) is 11.3 Å². The molecule has 0 radical (unpaired) electrons. The predicted molar refractivity (Wildman–Crippen MR) is 185 cm³/mol. The number of rotatable bonds is 13. The summed E-state index contributed by atoms with van der Waals surface area (Å²) in [7, 11) is -4.20. The third-order valence-electron chi connectivity index (χ3n) is 8.49. The van der Waals surface area contributed by atoms with Crippen LogP contribution >= 0.6 is 11.8 Å². The number of sulfonamides is 1. The summed E-state index contributed by atoms with van der Waals surface area (Å²) in [5, 5.41) is 3.16. The number of halogens is 1. The van der Waals surface area contributed by atoms with Crippen LogP contribution in [0.4, 0.5) is 10.1 Å². The summed E-state index contributed by atoms with van der Waals surface area (Å²) in [5.41, 5.74) is 2.73. The smallest absolute Gasteiger partial charge is 0.264 e. The first kappa shape index (κ1) is 34.2. The summed E-state index contributed by atoms with van der Waals surface area (Å²) in [6.45, 7) is 1.34. The van der Waals surface area contributed by atoms with Crippen LogP contribution in [0.2, 0.25) is 0 Å². The molecule has 0 spiro atoms. The number of anilines is 1. The Morgan fingerprint density at radius 1 is 0.872 bits per heavy atom. The number of amides is 2. The van der Waals surface area contributed by atoms with E-state index >= 15 is 0 Å². The van der Waals surface area contributed by atoms with Crippen LogP contribution in [0.15, 0.2) is 113 Å². The van der Waals surface area contributed by atoms with Gasteiger partial charge in [-0.1, -0.05) is 73.0 Å². The van der Waals surface area contributed by atoms with E-state index in [1.165, 1.54) is 40.9 Å². The maximum Gasteiger partial charge on any atom is 0.264 e. The second-order valence-electron chi connectivity index (χ2n) is 11.9. The molecule has 0 unspecified atom stereocenters. The van der Waals surface area contributed by atoms with Crippen molar-refractivity contribution in [2.24, 2.45) is 0 Å². The van der Waals surface area contributed by atoms with Gasteiger partial charge in [-0.15, -0.1) is 11.8 Å². The van der Waals surface area contributed by atoms with Crippen molar-refractivity contribution in [1.29, 1.82) is 0 Å². The molecule has 0 aromatic heterocycles. The molecule has 1 atom stereocenters. The van der Waals surface area contributed by atoms with Crippen LogP contribution < -0.4 is 9.62 Å². The van der Waals surface area contributed by atoms with E-state index in [1.807, 2.05) is 43.5 Å². The zero-order valence-electron chi connectivity index (χ0n) is 26.6. The SMILES string of the molecule is CSc1ccc(S(=O)(=O)N(CC(=O)N(Cc2ccc(F)cc2)[C@@H](Cc2ccccc2)C(=O)NC2CCCC2)c2ccc(C)cc2)cc1. The predicted octanol–water partition coefficient (Wildman–Crippen LogP) is 6.75. The molecule has 10 heteroatoms. The maximum absolute atomic E-state index is 14.6. The van der Waals surface area contributed by atoms with Crippen LogP contribution in [0.25, 0.3) is 0 Å². The van der Waals surface area contributed by atoms with Gasteiger partial charge in [0.25, 0.3) is 10.0 Å². The number of hydrogen-bond donors (Lipinski definition) is 1. The van der Waals surface area contributed by atoms with Crippen LogP contribution in [0.1, 0.15) is 42.4 Å². The van der Waals surface area contributed by atoms with Crippen molar-refractivity contribution in [2.75, 3.05) is 17.1 Å². The van der Waals surface area contributed by atoms with Crippen LogP contribution in [0, 0.1) is 12.7 Å². The first-order valence-electron chi connectivity index (χ1n) is 15.8. The van der Waals surface area contributed by atoms with Crippen molar-refractivity contribution in [3.8, 4) is 0 Å². The molecular weight excluding hydrogens is 634 g/mol. The Morgan fingerprint density at radius 2 is 1.51 bits per heavy atom. The highest BCUT2D eigenvalue weighted by Gasteiger charge is 2.35. The summed E-state index contributed by atoms with van der Waals surface area (Å²) in [4.78, 5) is 31.0. The zero-order chi connectivity index (χ0) is 33.4. The fourth-order valence-electron chi connectivity index (χ4n) is 5.82. The van der Waals surface area contributed by atoms with Crippen molar-refractivity contribution < 1.29 is 22.4 Å². The fraction of sp³-hybridized carbons (Fsp3) is 0.297. The number of carbonyl (C=O) groups excluding carboxylic acids is 2. The quantitative estimate of drug-likeness (QED) is 0.159. The van der Waals surface area contributed by atoms with E-state index < -0.39 is 34.3 Å². The van der Waals surface area contributed by atoms with E-state index in [2.05, 4.69) is 5.32 Å². The van der Waals surface area contributed by atoms with Gasteiger partial charge in [-0.3, -0.25) is 13.9 Å². The lowest BCUT2D eigenvalue weighted by atomic mass is 10.0. The normalized spacial score (nSPS) is 14.0. The highest BCUT2D eigenvalue weighted by Crippen LogP contribution is 2.27. The van der Waals surface area contributed by atoms with Crippen LogP contribution in [0.3, 0.4) is 0 Å². The molecule has 1 saturated carbocycles. The number of benzene rings is 4. The van der Waals surface area contributed by atoms with Gasteiger partial charge >= 0.3 is 0 Å². The molecule has 4 aromatic rings.